The largest absolute Gasteiger partial charge is 0.476 e. The molecule has 0 fully saturated rings. The Hall–Kier alpha value is -2.05. The summed E-state index contributed by atoms with van der Waals surface area (Å²) in [5, 5.41) is 14.3. The molecule has 0 bridgehead atoms. The summed E-state index contributed by atoms with van der Waals surface area (Å²) in [5.41, 5.74) is 3.72. The fourth-order valence-corrected chi connectivity index (χ4v) is 4.86. The molecule has 1 aliphatic heterocycles. The van der Waals surface area contributed by atoms with Crippen molar-refractivity contribution in [3.8, 4) is 16.9 Å². The lowest BCUT2D eigenvalue weighted by molar-refractivity contribution is 0.0688. The van der Waals surface area contributed by atoms with Crippen LogP contribution in [0.2, 0.25) is 0 Å². The summed E-state index contributed by atoms with van der Waals surface area (Å²) in [6.45, 7) is 2.08. The number of halogens is 1. The predicted molar refractivity (Wildman–Crippen MR) is 103 cm³/mol. The molecule has 4 nitrogen and oxygen atoms in total. The Morgan fingerprint density at radius 2 is 2.08 bits per heavy atom. The van der Waals surface area contributed by atoms with Crippen molar-refractivity contribution in [3.63, 3.8) is 0 Å². The van der Waals surface area contributed by atoms with E-state index in [-0.39, 0.29) is 10.9 Å². The molecule has 0 saturated carbocycles. The number of benzene rings is 2. The zero-order chi connectivity index (χ0) is 17.6. The lowest BCUT2D eigenvalue weighted by Gasteiger charge is -2.24. The molecule has 2 aromatic carbocycles. The molecule has 0 aliphatic carbocycles. The van der Waals surface area contributed by atoms with Crippen LogP contribution in [0.25, 0.3) is 16.9 Å². The summed E-state index contributed by atoms with van der Waals surface area (Å²) in [6.07, 6.45) is 0.844. The van der Waals surface area contributed by atoms with Crippen LogP contribution in [0.4, 0.5) is 0 Å². The number of carboxylic acids is 1. The van der Waals surface area contributed by atoms with Crippen molar-refractivity contribution in [3.05, 3.63) is 64.3 Å². The van der Waals surface area contributed by atoms with Crippen molar-refractivity contribution in [1.82, 2.24) is 9.78 Å². The summed E-state index contributed by atoms with van der Waals surface area (Å²) in [7, 11) is 0. The number of carboxylic acid groups (broad SMARTS) is 1. The first-order chi connectivity index (χ1) is 12.1. The lowest BCUT2D eigenvalue weighted by Crippen LogP contribution is -2.07. The minimum Gasteiger partial charge on any atom is -0.476 e. The summed E-state index contributed by atoms with van der Waals surface area (Å²) in [5.74, 6) is -0.983. The topological polar surface area (TPSA) is 55.1 Å². The number of rotatable bonds is 3. The number of aromatic nitrogens is 2. The van der Waals surface area contributed by atoms with Gasteiger partial charge < -0.3 is 5.11 Å². The molecule has 1 N–H and O–H groups in total. The van der Waals surface area contributed by atoms with Gasteiger partial charge in [0.15, 0.2) is 5.69 Å². The first-order valence-electron chi connectivity index (χ1n) is 7.98. The maximum absolute atomic E-state index is 11.9. The first-order valence-corrected chi connectivity index (χ1v) is 9.65. The average Bonchev–Trinajstić information content (AvgIpc) is 3.02. The molecule has 3 aromatic rings. The van der Waals surface area contributed by atoms with E-state index in [1.54, 1.807) is 16.4 Å². The molecule has 0 amide bonds. The van der Waals surface area contributed by atoms with Crippen molar-refractivity contribution in [2.45, 2.75) is 23.5 Å². The molecule has 126 valence electrons. The summed E-state index contributed by atoms with van der Waals surface area (Å²) in [4.78, 5) is 13.0. The maximum atomic E-state index is 11.9. The van der Waals surface area contributed by atoms with E-state index in [0.717, 1.165) is 38.3 Å². The van der Waals surface area contributed by atoms with Crippen molar-refractivity contribution in [2.24, 2.45) is 0 Å². The molecular formula is C19H15BrN2O2S. The first kappa shape index (κ1) is 16.4. The Labute approximate surface area is 158 Å². The van der Waals surface area contributed by atoms with E-state index in [1.807, 2.05) is 42.5 Å². The summed E-state index contributed by atoms with van der Waals surface area (Å²) in [6, 6.07) is 15.9. The summed E-state index contributed by atoms with van der Waals surface area (Å²) >= 11 is 5.20. The van der Waals surface area contributed by atoms with Crippen LogP contribution >= 0.6 is 27.7 Å². The van der Waals surface area contributed by atoms with Gasteiger partial charge in [-0.3, -0.25) is 0 Å². The molecule has 0 radical (unpaired) electrons. The van der Waals surface area contributed by atoms with Gasteiger partial charge in [0.2, 0.25) is 0 Å². The second kappa shape index (κ2) is 6.35. The number of nitrogens with zero attached hydrogens (tertiary/aromatic N) is 2. The van der Waals surface area contributed by atoms with E-state index >= 15 is 0 Å². The smallest absolute Gasteiger partial charge is 0.356 e. The highest BCUT2D eigenvalue weighted by atomic mass is 79.9. The van der Waals surface area contributed by atoms with Gasteiger partial charge >= 0.3 is 5.97 Å². The van der Waals surface area contributed by atoms with Crippen molar-refractivity contribution in [1.29, 1.82) is 0 Å². The molecule has 25 heavy (non-hydrogen) atoms. The van der Waals surface area contributed by atoms with E-state index in [4.69, 9.17) is 0 Å². The predicted octanol–water partition coefficient (Wildman–Crippen LogP) is 5.56. The van der Waals surface area contributed by atoms with Gasteiger partial charge in [0.05, 0.1) is 11.4 Å². The number of carbonyl (C=O) groups is 1. The molecular weight excluding hydrogens is 400 g/mol. The number of fused-ring (bicyclic) bond motifs is 3. The quantitative estimate of drug-likeness (QED) is 0.609. The number of hydrogen-bond acceptors (Lipinski definition) is 3. The Bertz CT molecular complexity index is 983. The normalized spacial score (nSPS) is 15.5. The highest BCUT2D eigenvalue weighted by molar-refractivity contribution is 9.10. The number of thioether (sulfide) groups is 1. The molecule has 0 saturated heterocycles. The van der Waals surface area contributed by atoms with Crippen LogP contribution in [0.1, 0.15) is 34.6 Å². The van der Waals surface area contributed by atoms with Gasteiger partial charge in [-0.05, 0) is 30.7 Å². The Kier molecular flexibility index (Phi) is 4.17. The molecule has 4 rings (SSSR count). The van der Waals surface area contributed by atoms with Crippen LogP contribution in [0.5, 0.6) is 0 Å². The lowest BCUT2D eigenvalue weighted by atomic mass is 10.00. The van der Waals surface area contributed by atoms with Gasteiger partial charge in [0.25, 0.3) is 0 Å². The van der Waals surface area contributed by atoms with Crippen LogP contribution in [-0.2, 0) is 0 Å². The Morgan fingerprint density at radius 1 is 1.28 bits per heavy atom. The number of aromatic carboxylic acids is 1. The monoisotopic (exact) mass is 414 g/mol. The maximum Gasteiger partial charge on any atom is 0.356 e. The van der Waals surface area contributed by atoms with Crippen LogP contribution < -0.4 is 0 Å². The van der Waals surface area contributed by atoms with Crippen LogP contribution in [0.15, 0.2) is 57.9 Å². The third-order valence-electron chi connectivity index (χ3n) is 4.28. The molecule has 6 heteroatoms. The van der Waals surface area contributed by atoms with Crippen molar-refractivity contribution >= 4 is 33.7 Å². The standard InChI is InChI=1S/C19H15BrN2O2S/c1-2-14-16-17(19(23)24)21-22(12-7-5-6-11(20)10-12)18(16)13-8-3-4-9-15(13)25-14/h3-10,14H,2H2,1H3,(H,23,24). The van der Waals surface area contributed by atoms with Gasteiger partial charge in [0.1, 0.15) is 0 Å². The van der Waals surface area contributed by atoms with Crippen molar-refractivity contribution in [2.75, 3.05) is 0 Å². The minimum atomic E-state index is -0.983. The number of hydrogen-bond donors (Lipinski definition) is 1. The van der Waals surface area contributed by atoms with E-state index < -0.39 is 5.97 Å². The Morgan fingerprint density at radius 3 is 2.80 bits per heavy atom. The molecule has 2 heterocycles. The van der Waals surface area contributed by atoms with Crippen LogP contribution in [0.3, 0.4) is 0 Å². The van der Waals surface area contributed by atoms with Gasteiger partial charge in [-0.25, -0.2) is 9.48 Å². The molecule has 1 atom stereocenters. The van der Waals surface area contributed by atoms with Crippen LogP contribution in [0, 0.1) is 0 Å². The third-order valence-corrected chi connectivity index (χ3v) is 6.24. The Balaban J connectivity index is 2.07. The van der Waals surface area contributed by atoms with Gasteiger partial charge in [-0.15, -0.1) is 11.8 Å². The van der Waals surface area contributed by atoms with Gasteiger partial charge in [-0.2, -0.15) is 5.10 Å². The average molecular weight is 415 g/mol. The minimum absolute atomic E-state index is 0.0805. The molecule has 1 aliphatic rings. The second-order valence-electron chi connectivity index (χ2n) is 5.82. The second-order valence-corrected chi connectivity index (χ2v) is 7.98. The summed E-state index contributed by atoms with van der Waals surface area (Å²) < 4.78 is 2.70. The zero-order valence-electron chi connectivity index (χ0n) is 13.4. The molecule has 0 spiro atoms. The van der Waals surface area contributed by atoms with Gasteiger partial charge in [0, 0.05) is 25.7 Å². The fraction of sp³-hybridized carbons (Fsp3) is 0.158. The highest BCUT2D eigenvalue weighted by Gasteiger charge is 2.34. The zero-order valence-corrected chi connectivity index (χ0v) is 15.8. The fourth-order valence-electron chi connectivity index (χ4n) is 3.21. The van der Waals surface area contributed by atoms with E-state index in [0.29, 0.717) is 0 Å². The van der Waals surface area contributed by atoms with Crippen molar-refractivity contribution < 1.29 is 9.90 Å². The molecule has 1 unspecified atom stereocenters. The highest BCUT2D eigenvalue weighted by Crippen LogP contribution is 2.51. The van der Waals surface area contributed by atoms with Crippen LogP contribution in [-0.4, -0.2) is 20.9 Å². The van der Waals surface area contributed by atoms with E-state index in [9.17, 15) is 9.90 Å². The van der Waals surface area contributed by atoms with Gasteiger partial charge in [-0.1, -0.05) is 47.1 Å². The molecule has 1 aromatic heterocycles. The van der Waals surface area contributed by atoms with E-state index in [2.05, 4.69) is 34.0 Å². The van der Waals surface area contributed by atoms with E-state index in [1.165, 1.54) is 0 Å². The third kappa shape index (κ3) is 2.69. The SMILES string of the molecule is CCC1Sc2ccccc2-c2c1c(C(=O)O)nn2-c1cccc(Br)c1.